The normalized spacial score (nSPS) is 29.7. The molecular weight excluding hydrogens is 429 g/mol. The molecule has 2 aromatic rings. The molecule has 0 saturated carbocycles. The van der Waals surface area contributed by atoms with Crippen LogP contribution in [0, 0.1) is 0 Å². The van der Waals surface area contributed by atoms with E-state index in [0.29, 0.717) is 16.9 Å². The van der Waals surface area contributed by atoms with Crippen molar-refractivity contribution in [2.75, 3.05) is 31.7 Å². The van der Waals surface area contributed by atoms with Crippen molar-refractivity contribution in [3.8, 4) is 0 Å². The van der Waals surface area contributed by atoms with Gasteiger partial charge in [-0.1, -0.05) is 0 Å². The molecule has 5 N–H and O–H groups in total. The minimum absolute atomic E-state index is 0.0233. The molecule has 29 heavy (non-hydrogen) atoms. The highest BCUT2D eigenvalue weighted by atomic mass is 35.5. The Balaban J connectivity index is 1.55. The smallest absolute Gasteiger partial charge is 0.352 e. The number of hydrogen-bond acceptors (Lipinski definition) is 10. The summed E-state index contributed by atoms with van der Waals surface area (Å²) < 4.78 is 22.7. The number of aliphatic hydroxyl groups excluding tert-OH is 2. The largest absolute Gasteiger partial charge is 0.387 e. The number of nitrogens with zero attached hydrogens (tertiary/aromatic N) is 3. The average molecular weight is 450 g/mol. The Morgan fingerprint density at radius 1 is 1.41 bits per heavy atom. The molecule has 0 spiro atoms. The van der Waals surface area contributed by atoms with E-state index in [0.717, 1.165) is 19.8 Å². The van der Waals surface area contributed by atoms with Gasteiger partial charge in [-0.15, -0.1) is 4.67 Å². The third-order valence-corrected chi connectivity index (χ3v) is 5.25. The number of aromatic nitrogens is 3. The summed E-state index contributed by atoms with van der Waals surface area (Å²) >= 11 is 6.08. The first-order valence-electron chi connectivity index (χ1n) is 8.87. The average Bonchev–Trinajstić information content (AvgIpc) is 3.13. The molecule has 0 amide bonds. The van der Waals surface area contributed by atoms with Gasteiger partial charge in [-0.05, 0) is 17.7 Å². The standard InChI is InChI=1S/C15H21ClN5O7P/c1-29(24,25)28-26-6-9-10(22)11(23)14(27-9)21-3-2-8-12(18-7-4-17-5-7)19-15(16)20-13(8)21/h2-3,7,9-11,14,17,22-23H,4-6H2,1H3,(H,24,25)(H,18,19,20)/t9-,10-,11-,14-/m1/s1. The molecule has 2 aliphatic rings. The van der Waals surface area contributed by atoms with Crippen molar-refractivity contribution in [3.63, 3.8) is 0 Å². The van der Waals surface area contributed by atoms with Crippen molar-refractivity contribution in [1.29, 1.82) is 0 Å². The van der Waals surface area contributed by atoms with Gasteiger partial charge in [-0.25, -0.2) is 9.87 Å². The highest BCUT2D eigenvalue weighted by Crippen LogP contribution is 2.38. The van der Waals surface area contributed by atoms with E-state index in [4.69, 9.17) is 21.2 Å². The Kier molecular flexibility index (Phi) is 5.81. The predicted molar refractivity (Wildman–Crippen MR) is 102 cm³/mol. The molecule has 0 aromatic carbocycles. The van der Waals surface area contributed by atoms with Gasteiger partial charge < -0.3 is 35.0 Å². The molecule has 0 aliphatic carbocycles. The summed E-state index contributed by atoms with van der Waals surface area (Å²) in [5.41, 5.74) is 0.419. The highest BCUT2D eigenvalue weighted by molar-refractivity contribution is 7.51. The third-order valence-electron chi connectivity index (χ3n) is 4.70. The number of ether oxygens (including phenoxy) is 1. The molecule has 2 aliphatic heterocycles. The van der Waals surface area contributed by atoms with Crippen LogP contribution in [0.5, 0.6) is 0 Å². The van der Waals surface area contributed by atoms with E-state index in [1.807, 2.05) is 0 Å². The van der Waals surface area contributed by atoms with Crippen molar-refractivity contribution in [3.05, 3.63) is 17.5 Å². The molecule has 2 fully saturated rings. The lowest BCUT2D eigenvalue weighted by Crippen LogP contribution is -2.51. The molecule has 4 rings (SSSR count). The van der Waals surface area contributed by atoms with Gasteiger partial charge in [0.1, 0.15) is 36.4 Å². The Bertz CT molecular complexity index is 935. The van der Waals surface area contributed by atoms with Gasteiger partial charge in [-0.3, -0.25) is 4.57 Å². The highest BCUT2D eigenvalue weighted by Gasteiger charge is 2.44. The number of hydrogen-bond donors (Lipinski definition) is 5. The van der Waals surface area contributed by atoms with Crippen LogP contribution in [0.3, 0.4) is 0 Å². The second-order valence-corrected chi connectivity index (χ2v) is 9.10. The molecule has 0 radical (unpaired) electrons. The van der Waals surface area contributed by atoms with Crippen molar-refractivity contribution in [1.82, 2.24) is 19.9 Å². The van der Waals surface area contributed by atoms with Gasteiger partial charge in [0, 0.05) is 26.0 Å². The fraction of sp³-hybridized carbons (Fsp3) is 0.600. The van der Waals surface area contributed by atoms with Crippen molar-refractivity contribution in [2.24, 2.45) is 0 Å². The zero-order valence-electron chi connectivity index (χ0n) is 15.3. The van der Waals surface area contributed by atoms with E-state index in [1.54, 1.807) is 16.8 Å². The maximum atomic E-state index is 11.1. The maximum Gasteiger partial charge on any atom is 0.352 e. The third kappa shape index (κ3) is 4.41. The minimum atomic E-state index is -3.84. The maximum absolute atomic E-state index is 11.1. The monoisotopic (exact) mass is 449 g/mol. The molecule has 5 atom stereocenters. The predicted octanol–water partition coefficient (Wildman–Crippen LogP) is -0.149. The Morgan fingerprint density at radius 3 is 2.83 bits per heavy atom. The van der Waals surface area contributed by atoms with Crippen LogP contribution < -0.4 is 10.6 Å². The number of halogens is 1. The van der Waals surface area contributed by atoms with Crippen LogP contribution in [0.1, 0.15) is 6.23 Å². The number of fused-ring (bicyclic) bond motifs is 1. The first-order valence-corrected chi connectivity index (χ1v) is 11.3. The zero-order chi connectivity index (χ0) is 20.8. The van der Waals surface area contributed by atoms with Gasteiger partial charge in [0.05, 0.1) is 11.4 Å². The van der Waals surface area contributed by atoms with Gasteiger partial charge >= 0.3 is 7.60 Å². The summed E-state index contributed by atoms with van der Waals surface area (Å²) in [7, 11) is -3.84. The van der Waals surface area contributed by atoms with Crippen LogP contribution in [-0.4, -0.2) is 80.4 Å². The van der Waals surface area contributed by atoms with E-state index in [9.17, 15) is 14.8 Å². The molecule has 14 heteroatoms. The van der Waals surface area contributed by atoms with E-state index in [-0.39, 0.29) is 17.9 Å². The van der Waals surface area contributed by atoms with Crippen LogP contribution >= 0.6 is 19.2 Å². The quantitative estimate of drug-likeness (QED) is 0.165. The summed E-state index contributed by atoms with van der Waals surface area (Å²) in [6.07, 6.45) is -2.94. The van der Waals surface area contributed by atoms with Crippen LogP contribution in [0.4, 0.5) is 5.82 Å². The number of anilines is 1. The molecule has 4 heterocycles. The molecule has 0 bridgehead atoms. The fourth-order valence-corrected chi connectivity index (χ4v) is 3.62. The lowest BCUT2D eigenvalue weighted by molar-refractivity contribution is -0.238. The van der Waals surface area contributed by atoms with Gasteiger partial charge in [0.15, 0.2) is 6.23 Å². The molecule has 1 unspecified atom stereocenters. The molecular formula is C15H21ClN5O7P. The van der Waals surface area contributed by atoms with Gasteiger partial charge in [-0.2, -0.15) is 4.98 Å². The first-order chi connectivity index (χ1) is 13.7. The summed E-state index contributed by atoms with van der Waals surface area (Å²) in [5, 5.41) is 27.9. The second kappa shape index (κ2) is 8.06. The van der Waals surface area contributed by atoms with Crippen molar-refractivity contribution in [2.45, 2.75) is 30.6 Å². The minimum Gasteiger partial charge on any atom is -0.387 e. The van der Waals surface area contributed by atoms with Crippen LogP contribution in [0.15, 0.2) is 12.3 Å². The second-order valence-electron chi connectivity index (χ2n) is 7.01. The SMILES string of the molecule is CP(=O)(O)OOC[C@H]1O[C@@H](n2ccc3c(NC4CNC4)nc(Cl)nc32)[C@H](O)[C@@H]1O. The van der Waals surface area contributed by atoms with Crippen LogP contribution in [0.25, 0.3) is 11.0 Å². The van der Waals surface area contributed by atoms with Gasteiger partial charge in [0.25, 0.3) is 0 Å². The molecule has 12 nitrogen and oxygen atoms in total. The zero-order valence-corrected chi connectivity index (χ0v) is 17.0. The number of aliphatic hydroxyl groups is 2. The summed E-state index contributed by atoms with van der Waals surface area (Å²) in [5.74, 6) is 0.563. The van der Waals surface area contributed by atoms with Crippen molar-refractivity contribution >= 4 is 36.0 Å². The van der Waals surface area contributed by atoms with Crippen LogP contribution in [-0.2, 0) is 18.9 Å². The van der Waals surface area contributed by atoms with Crippen molar-refractivity contribution < 1.29 is 34.0 Å². The van der Waals surface area contributed by atoms with E-state index in [1.165, 1.54) is 0 Å². The fourth-order valence-electron chi connectivity index (χ4n) is 3.20. The topological polar surface area (TPSA) is 160 Å². The molecule has 2 aromatic heterocycles. The number of rotatable bonds is 7. The molecule has 2 saturated heterocycles. The Morgan fingerprint density at radius 2 is 2.17 bits per heavy atom. The lowest BCUT2D eigenvalue weighted by Gasteiger charge is -2.28. The summed E-state index contributed by atoms with van der Waals surface area (Å²) in [6.45, 7) is 2.21. The summed E-state index contributed by atoms with van der Waals surface area (Å²) in [4.78, 5) is 22.2. The Labute approximate surface area is 170 Å². The van der Waals surface area contributed by atoms with E-state index in [2.05, 4.69) is 30.2 Å². The van der Waals surface area contributed by atoms with E-state index >= 15 is 0 Å². The van der Waals surface area contributed by atoms with Gasteiger partial charge in [0.2, 0.25) is 5.28 Å². The Hall–Kier alpha value is -1.34. The van der Waals surface area contributed by atoms with Crippen LogP contribution in [0.2, 0.25) is 5.28 Å². The first kappa shape index (κ1) is 20.9. The number of nitrogens with one attached hydrogen (secondary N) is 2. The lowest BCUT2D eigenvalue weighted by atomic mass is 10.1. The summed E-state index contributed by atoms with van der Waals surface area (Å²) in [6, 6.07) is 1.99. The molecule has 160 valence electrons. The van der Waals surface area contributed by atoms with E-state index < -0.39 is 32.1 Å².